The SMILES string of the molecule is CC(=O)Nc1ccc(OCC(=O)NN=Cc2ccc(Br)o2)cc1. The molecule has 8 heteroatoms. The highest BCUT2D eigenvalue weighted by atomic mass is 79.9. The summed E-state index contributed by atoms with van der Waals surface area (Å²) >= 11 is 3.16. The highest BCUT2D eigenvalue weighted by Crippen LogP contribution is 2.15. The Labute approximate surface area is 140 Å². The van der Waals surface area contributed by atoms with Crippen molar-refractivity contribution in [3.63, 3.8) is 0 Å². The van der Waals surface area contributed by atoms with Crippen LogP contribution < -0.4 is 15.5 Å². The molecule has 1 heterocycles. The van der Waals surface area contributed by atoms with Crippen LogP contribution in [0.25, 0.3) is 0 Å². The first-order valence-corrected chi connectivity index (χ1v) is 7.40. The minimum atomic E-state index is -0.405. The topological polar surface area (TPSA) is 92.9 Å². The third kappa shape index (κ3) is 5.95. The summed E-state index contributed by atoms with van der Waals surface area (Å²) in [4.78, 5) is 22.5. The van der Waals surface area contributed by atoms with Gasteiger partial charge in [0.2, 0.25) is 5.91 Å². The van der Waals surface area contributed by atoms with Crippen molar-refractivity contribution in [3.05, 3.63) is 46.8 Å². The number of nitrogens with zero attached hydrogens (tertiary/aromatic N) is 1. The van der Waals surface area contributed by atoms with Crippen LogP contribution in [0.15, 0.2) is 50.6 Å². The Morgan fingerprint density at radius 1 is 1.26 bits per heavy atom. The lowest BCUT2D eigenvalue weighted by atomic mass is 10.3. The minimum Gasteiger partial charge on any atom is -0.484 e. The lowest BCUT2D eigenvalue weighted by Crippen LogP contribution is -2.24. The van der Waals surface area contributed by atoms with Crippen LogP contribution in [0.3, 0.4) is 0 Å². The first-order chi connectivity index (χ1) is 11.0. The molecule has 2 amide bonds. The lowest BCUT2D eigenvalue weighted by molar-refractivity contribution is -0.123. The van der Waals surface area contributed by atoms with Gasteiger partial charge in [-0.2, -0.15) is 5.10 Å². The van der Waals surface area contributed by atoms with Crippen LogP contribution in [-0.2, 0) is 9.59 Å². The Hall–Kier alpha value is -2.61. The van der Waals surface area contributed by atoms with Crippen molar-refractivity contribution in [2.24, 2.45) is 5.10 Å². The first-order valence-electron chi connectivity index (χ1n) is 6.60. The molecule has 0 aliphatic rings. The molecule has 2 aromatic rings. The van der Waals surface area contributed by atoms with Gasteiger partial charge in [0.1, 0.15) is 11.5 Å². The molecule has 0 fully saturated rings. The molecule has 7 nitrogen and oxygen atoms in total. The molecule has 1 aromatic carbocycles. The number of carbonyl (C=O) groups is 2. The number of ether oxygens (including phenoxy) is 1. The Morgan fingerprint density at radius 2 is 2.00 bits per heavy atom. The average molecular weight is 380 g/mol. The van der Waals surface area contributed by atoms with Gasteiger partial charge < -0.3 is 14.5 Å². The number of hydrazone groups is 1. The fourth-order valence-electron chi connectivity index (χ4n) is 1.58. The second-order valence-electron chi connectivity index (χ2n) is 4.43. The molecule has 0 bridgehead atoms. The van der Waals surface area contributed by atoms with Gasteiger partial charge in [-0.3, -0.25) is 9.59 Å². The first kappa shape index (κ1) is 16.8. The number of benzene rings is 1. The Bertz CT molecular complexity index is 710. The molecule has 0 aliphatic carbocycles. The van der Waals surface area contributed by atoms with Crippen molar-refractivity contribution in [1.82, 2.24) is 5.43 Å². The van der Waals surface area contributed by atoms with Crippen molar-refractivity contribution >= 4 is 39.6 Å². The van der Waals surface area contributed by atoms with Crippen LogP contribution in [0.2, 0.25) is 0 Å². The van der Waals surface area contributed by atoms with Crippen LogP contribution in [0.1, 0.15) is 12.7 Å². The maximum absolute atomic E-state index is 11.6. The number of nitrogens with one attached hydrogen (secondary N) is 2. The molecule has 120 valence electrons. The van der Waals surface area contributed by atoms with Gasteiger partial charge in [0.15, 0.2) is 11.3 Å². The molecule has 1 aromatic heterocycles. The summed E-state index contributed by atoms with van der Waals surface area (Å²) in [6.07, 6.45) is 1.38. The fraction of sp³-hybridized carbons (Fsp3) is 0.133. The molecular formula is C15H14BrN3O4. The van der Waals surface area contributed by atoms with E-state index in [0.717, 1.165) is 0 Å². The van der Waals surface area contributed by atoms with Crippen LogP contribution in [0.5, 0.6) is 5.75 Å². The Kier molecular flexibility index (Phi) is 5.93. The summed E-state index contributed by atoms with van der Waals surface area (Å²) in [5.74, 6) is 0.456. The van der Waals surface area contributed by atoms with Gasteiger partial charge >= 0.3 is 0 Å². The molecule has 0 saturated carbocycles. The van der Waals surface area contributed by atoms with Gasteiger partial charge in [-0.25, -0.2) is 5.43 Å². The highest BCUT2D eigenvalue weighted by molar-refractivity contribution is 9.10. The van der Waals surface area contributed by atoms with Gasteiger partial charge in [0.25, 0.3) is 5.91 Å². The highest BCUT2D eigenvalue weighted by Gasteiger charge is 2.02. The number of amides is 2. The third-order valence-electron chi connectivity index (χ3n) is 2.52. The quantitative estimate of drug-likeness (QED) is 0.595. The smallest absolute Gasteiger partial charge is 0.277 e. The number of rotatable bonds is 6. The zero-order chi connectivity index (χ0) is 16.7. The van der Waals surface area contributed by atoms with E-state index in [-0.39, 0.29) is 12.5 Å². The van der Waals surface area contributed by atoms with Crippen molar-refractivity contribution < 1.29 is 18.7 Å². The second kappa shape index (κ2) is 8.14. The summed E-state index contributed by atoms with van der Waals surface area (Å²) in [6.45, 7) is 1.25. The Balaban J connectivity index is 1.75. The molecule has 0 atom stereocenters. The number of furan rings is 1. The molecule has 0 spiro atoms. The van der Waals surface area contributed by atoms with E-state index in [9.17, 15) is 9.59 Å². The summed E-state index contributed by atoms with van der Waals surface area (Å²) in [6, 6.07) is 10.1. The van der Waals surface area contributed by atoms with Crippen molar-refractivity contribution in [2.45, 2.75) is 6.92 Å². The van der Waals surface area contributed by atoms with Crippen LogP contribution >= 0.6 is 15.9 Å². The van der Waals surface area contributed by atoms with Crippen molar-refractivity contribution in [1.29, 1.82) is 0 Å². The van der Waals surface area contributed by atoms with E-state index in [1.54, 1.807) is 36.4 Å². The molecule has 2 N–H and O–H groups in total. The van der Waals surface area contributed by atoms with E-state index in [4.69, 9.17) is 9.15 Å². The fourth-order valence-corrected chi connectivity index (χ4v) is 1.90. The lowest BCUT2D eigenvalue weighted by Gasteiger charge is -2.06. The van der Waals surface area contributed by atoms with E-state index >= 15 is 0 Å². The normalized spacial score (nSPS) is 10.5. The molecule has 0 aliphatic heterocycles. The van der Waals surface area contributed by atoms with Crippen LogP contribution in [-0.4, -0.2) is 24.6 Å². The minimum absolute atomic E-state index is 0.153. The van der Waals surface area contributed by atoms with E-state index in [1.165, 1.54) is 13.1 Å². The van der Waals surface area contributed by atoms with Gasteiger partial charge in [-0.05, 0) is 52.3 Å². The molecule has 2 rings (SSSR count). The number of hydrogen-bond donors (Lipinski definition) is 2. The molecule has 0 unspecified atom stereocenters. The maximum Gasteiger partial charge on any atom is 0.277 e. The summed E-state index contributed by atoms with van der Waals surface area (Å²) in [5.41, 5.74) is 2.98. The third-order valence-corrected chi connectivity index (χ3v) is 2.95. The standard InChI is InChI=1S/C15H14BrN3O4/c1-10(20)18-11-2-4-12(5-3-11)22-9-15(21)19-17-8-13-6-7-14(16)23-13/h2-8H,9H2,1H3,(H,18,20)(H,19,21). The zero-order valence-electron chi connectivity index (χ0n) is 12.2. The Morgan fingerprint density at radius 3 is 2.61 bits per heavy atom. The number of anilines is 1. The van der Waals surface area contributed by atoms with Gasteiger partial charge in [0.05, 0.1) is 6.21 Å². The summed E-state index contributed by atoms with van der Waals surface area (Å²) in [5, 5.41) is 6.38. The van der Waals surface area contributed by atoms with Gasteiger partial charge in [0, 0.05) is 12.6 Å². The van der Waals surface area contributed by atoms with E-state index in [0.29, 0.717) is 21.9 Å². The molecular weight excluding hydrogens is 366 g/mol. The predicted molar refractivity (Wildman–Crippen MR) is 88.4 cm³/mol. The largest absolute Gasteiger partial charge is 0.484 e. The average Bonchev–Trinajstić information content (AvgIpc) is 2.91. The number of halogens is 1. The molecule has 0 radical (unpaired) electrons. The van der Waals surface area contributed by atoms with E-state index < -0.39 is 5.91 Å². The predicted octanol–water partition coefficient (Wildman–Crippen LogP) is 2.53. The molecule has 23 heavy (non-hydrogen) atoms. The van der Waals surface area contributed by atoms with Crippen LogP contribution in [0, 0.1) is 0 Å². The van der Waals surface area contributed by atoms with E-state index in [1.807, 2.05) is 0 Å². The number of carbonyl (C=O) groups excluding carboxylic acids is 2. The van der Waals surface area contributed by atoms with Gasteiger partial charge in [-0.1, -0.05) is 0 Å². The van der Waals surface area contributed by atoms with Crippen molar-refractivity contribution in [2.75, 3.05) is 11.9 Å². The summed E-state index contributed by atoms with van der Waals surface area (Å²) in [7, 11) is 0. The van der Waals surface area contributed by atoms with Gasteiger partial charge in [-0.15, -0.1) is 0 Å². The van der Waals surface area contributed by atoms with Crippen LogP contribution in [0.4, 0.5) is 5.69 Å². The van der Waals surface area contributed by atoms with E-state index in [2.05, 4.69) is 31.8 Å². The molecule has 0 saturated heterocycles. The summed E-state index contributed by atoms with van der Waals surface area (Å²) < 4.78 is 11.1. The second-order valence-corrected chi connectivity index (χ2v) is 5.21. The maximum atomic E-state index is 11.6. The zero-order valence-corrected chi connectivity index (χ0v) is 13.8. The number of hydrogen-bond acceptors (Lipinski definition) is 5. The van der Waals surface area contributed by atoms with Crippen molar-refractivity contribution in [3.8, 4) is 5.75 Å². The monoisotopic (exact) mass is 379 g/mol.